The van der Waals surface area contributed by atoms with Crippen molar-refractivity contribution in [1.29, 1.82) is 0 Å². The molecule has 0 bridgehead atoms. The fourth-order valence-electron chi connectivity index (χ4n) is 6.23. The van der Waals surface area contributed by atoms with Crippen LogP contribution < -0.4 is 4.74 Å². The van der Waals surface area contributed by atoms with E-state index in [0.29, 0.717) is 38.7 Å². The quantitative estimate of drug-likeness (QED) is 0.0567. The Hall–Kier alpha value is -1.24. The highest BCUT2D eigenvalue weighted by Gasteiger charge is 2.28. The highest BCUT2D eigenvalue weighted by Crippen LogP contribution is 2.46. The molecule has 0 aliphatic carbocycles. The highest BCUT2D eigenvalue weighted by molar-refractivity contribution is 7.47. The third kappa shape index (κ3) is 24.8. The normalized spacial score (nSPS) is 14.2. The van der Waals surface area contributed by atoms with Crippen molar-refractivity contribution in [3.05, 3.63) is 29.8 Å². The molecule has 0 fully saturated rings. The smallest absolute Gasteiger partial charge is 0.472 e. The number of benzene rings is 1. The zero-order valence-corrected chi connectivity index (χ0v) is 32.6. The van der Waals surface area contributed by atoms with Crippen LogP contribution in [0.4, 0.5) is 0 Å². The van der Waals surface area contributed by atoms with E-state index in [0.717, 1.165) is 37.1 Å². The Morgan fingerprint density at radius 1 is 0.792 bits per heavy atom. The SMILES string of the molecule is CCCCCCCCCCCCCCCCCCOc1ccccc1CC(COP(=O)(O)OC(CC)CCCN(C)C)CC(=O)CCC. The molecular formula is C40H74NO6P. The van der Waals surface area contributed by atoms with Gasteiger partial charge in [0.25, 0.3) is 0 Å². The number of para-hydroxylation sites is 1. The van der Waals surface area contributed by atoms with E-state index in [1.165, 1.54) is 96.3 Å². The van der Waals surface area contributed by atoms with E-state index in [1.54, 1.807) is 0 Å². The Bertz CT molecular complexity index is 957. The van der Waals surface area contributed by atoms with E-state index in [-0.39, 0.29) is 24.4 Å². The molecule has 0 radical (unpaired) electrons. The third-order valence-corrected chi connectivity index (χ3v) is 10.2. The summed E-state index contributed by atoms with van der Waals surface area (Å²) in [4.78, 5) is 25.3. The van der Waals surface area contributed by atoms with E-state index in [2.05, 4.69) is 11.8 Å². The van der Waals surface area contributed by atoms with Gasteiger partial charge in [-0.1, -0.05) is 135 Å². The first-order chi connectivity index (χ1) is 23.2. The van der Waals surface area contributed by atoms with Gasteiger partial charge in [0.15, 0.2) is 0 Å². The van der Waals surface area contributed by atoms with Gasteiger partial charge in [-0.15, -0.1) is 0 Å². The summed E-state index contributed by atoms with van der Waals surface area (Å²) in [5, 5.41) is 0. The van der Waals surface area contributed by atoms with Gasteiger partial charge in [0.05, 0.1) is 19.3 Å². The molecule has 0 aromatic heterocycles. The zero-order valence-electron chi connectivity index (χ0n) is 31.7. The van der Waals surface area contributed by atoms with Gasteiger partial charge in [-0.25, -0.2) is 4.57 Å². The monoisotopic (exact) mass is 696 g/mol. The van der Waals surface area contributed by atoms with Crippen LogP contribution in [0.15, 0.2) is 24.3 Å². The second-order valence-electron chi connectivity index (χ2n) is 14.2. The molecule has 3 unspecified atom stereocenters. The van der Waals surface area contributed by atoms with Crippen LogP contribution in [0.25, 0.3) is 0 Å². The lowest BCUT2D eigenvalue weighted by Gasteiger charge is -2.23. The van der Waals surface area contributed by atoms with Crippen molar-refractivity contribution in [2.45, 2.75) is 175 Å². The molecule has 8 heteroatoms. The molecule has 280 valence electrons. The maximum atomic E-state index is 12.9. The summed E-state index contributed by atoms with van der Waals surface area (Å²) in [7, 11) is -0.250. The van der Waals surface area contributed by atoms with Crippen molar-refractivity contribution < 1.29 is 28.0 Å². The topological polar surface area (TPSA) is 85.3 Å². The molecule has 3 atom stereocenters. The first kappa shape index (κ1) is 44.8. The lowest BCUT2D eigenvalue weighted by molar-refractivity contribution is -0.120. The first-order valence-electron chi connectivity index (χ1n) is 19.7. The molecule has 48 heavy (non-hydrogen) atoms. The zero-order chi connectivity index (χ0) is 35.3. The molecule has 0 aliphatic heterocycles. The van der Waals surface area contributed by atoms with Gasteiger partial charge in [-0.2, -0.15) is 0 Å². The third-order valence-electron chi connectivity index (χ3n) is 9.12. The fraction of sp³-hybridized carbons (Fsp3) is 0.825. The van der Waals surface area contributed by atoms with Crippen LogP contribution in [0.1, 0.15) is 168 Å². The maximum Gasteiger partial charge on any atom is 0.472 e. The van der Waals surface area contributed by atoms with Gasteiger partial charge >= 0.3 is 7.82 Å². The second-order valence-corrected chi connectivity index (χ2v) is 15.6. The van der Waals surface area contributed by atoms with Crippen molar-refractivity contribution in [1.82, 2.24) is 4.90 Å². The number of hydrogen-bond donors (Lipinski definition) is 1. The van der Waals surface area contributed by atoms with Crippen LogP contribution >= 0.6 is 7.82 Å². The van der Waals surface area contributed by atoms with E-state index in [1.807, 2.05) is 52.2 Å². The number of phosphoric acid groups is 1. The largest absolute Gasteiger partial charge is 0.493 e. The van der Waals surface area contributed by atoms with Crippen molar-refractivity contribution in [3.8, 4) is 5.75 Å². The van der Waals surface area contributed by atoms with Crippen LogP contribution in [-0.4, -0.2) is 55.5 Å². The summed E-state index contributed by atoms with van der Waals surface area (Å²) < 4.78 is 30.2. The number of rotatable bonds is 34. The summed E-state index contributed by atoms with van der Waals surface area (Å²) in [5.41, 5.74) is 0.996. The number of unbranched alkanes of at least 4 members (excludes halogenated alkanes) is 15. The van der Waals surface area contributed by atoms with Crippen LogP contribution in [0.5, 0.6) is 5.75 Å². The summed E-state index contributed by atoms with van der Waals surface area (Å²) in [5.74, 6) is 0.713. The lowest BCUT2D eigenvalue weighted by atomic mass is 9.93. The van der Waals surface area contributed by atoms with Crippen molar-refractivity contribution in [2.75, 3.05) is 33.9 Å². The van der Waals surface area contributed by atoms with E-state index >= 15 is 0 Å². The number of ketones is 1. The molecule has 1 N–H and O–H groups in total. The van der Waals surface area contributed by atoms with E-state index < -0.39 is 7.82 Å². The molecule has 0 spiro atoms. The molecule has 0 aliphatic rings. The Morgan fingerprint density at radius 3 is 1.90 bits per heavy atom. The Balaban J connectivity index is 2.43. The molecule has 0 saturated carbocycles. The number of carbonyl (C=O) groups is 1. The van der Waals surface area contributed by atoms with Crippen LogP contribution in [0.3, 0.4) is 0 Å². The number of phosphoric ester groups is 1. The van der Waals surface area contributed by atoms with Gasteiger partial charge in [0.2, 0.25) is 0 Å². The fourth-order valence-corrected chi connectivity index (χ4v) is 7.33. The standard InChI is InChI=1S/C40H74NO6P/c1-6-9-10-11-12-13-14-15-16-17-18-19-20-21-22-25-32-45-40-30-24-23-28-37(40)33-36(34-38(42)27-7-2)35-46-48(43,44)47-39(8-3)29-26-31-41(4)5/h23-24,28,30,36,39H,6-22,25-27,29,31-35H2,1-5H3,(H,43,44). The number of ether oxygens (including phenoxy) is 1. The predicted molar refractivity (Wildman–Crippen MR) is 202 cm³/mol. The van der Waals surface area contributed by atoms with Crippen molar-refractivity contribution in [2.24, 2.45) is 5.92 Å². The molecule has 0 saturated heterocycles. The minimum absolute atomic E-state index is 0.0230. The molecule has 7 nitrogen and oxygen atoms in total. The Morgan fingerprint density at radius 2 is 1.35 bits per heavy atom. The van der Waals surface area contributed by atoms with Crippen molar-refractivity contribution in [3.63, 3.8) is 0 Å². The summed E-state index contributed by atoms with van der Waals surface area (Å²) in [6, 6.07) is 7.94. The maximum absolute atomic E-state index is 12.9. The minimum atomic E-state index is -4.26. The van der Waals surface area contributed by atoms with Gasteiger partial charge in [-0.05, 0) is 76.7 Å². The first-order valence-corrected chi connectivity index (χ1v) is 21.2. The Kier molecular flexibility index (Phi) is 27.5. The highest BCUT2D eigenvalue weighted by atomic mass is 31.2. The van der Waals surface area contributed by atoms with Gasteiger partial charge in [-0.3, -0.25) is 13.8 Å². The molecule has 1 aromatic rings. The van der Waals surface area contributed by atoms with Crippen LogP contribution in [0, 0.1) is 5.92 Å². The molecule has 1 aromatic carbocycles. The number of Topliss-reactive ketones (excluding diaryl/α,β-unsaturated/α-hetero) is 1. The minimum Gasteiger partial charge on any atom is -0.493 e. The number of carbonyl (C=O) groups excluding carboxylic acids is 1. The van der Waals surface area contributed by atoms with Crippen LogP contribution in [-0.2, 0) is 24.8 Å². The molecule has 0 heterocycles. The van der Waals surface area contributed by atoms with E-state index in [4.69, 9.17) is 13.8 Å². The van der Waals surface area contributed by atoms with Gasteiger partial charge in [0.1, 0.15) is 11.5 Å². The van der Waals surface area contributed by atoms with Crippen molar-refractivity contribution >= 4 is 13.6 Å². The summed E-state index contributed by atoms with van der Waals surface area (Å²) >= 11 is 0. The molecular weight excluding hydrogens is 621 g/mol. The predicted octanol–water partition coefficient (Wildman–Crippen LogP) is 11.5. The van der Waals surface area contributed by atoms with E-state index in [9.17, 15) is 14.3 Å². The average molecular weight is 696 g/mol. The molecule has 0 amide bonds. The summed E-state index contributed by atoms with van der Waals surface area (Å²) in [6.45, 7) is 7.74. The Labute approximate surface area is 295 Å². The second kappa shape index (κ2) is 29.5. The number of hydrogen-bond acceptors (Lipinski definition) is 6. The van der Waals surface area contributed by atoms with Gasteiger partial charge < -0.3 is 14.5 Å². The lowest BCUT2D eigenvalue weighted by Crippen LogP contribution is -2.20. The van der Waals surface area contributed by atoms with Crippen LogP contribution in [0.2, 0.25) is 0 Å². The average Bonchev–Trinajstić information content (AvgIpc) is 3.05. The van der Waals surface area contributed by atoms with Gasteiger partial charge in [0, 0.05) is 12.8 Å². The number of nitrogens with zero attached hydrogens (tertiary/aromatic N) is 1. The summed E-state index contributed by atoms with van der Waals surface area (Å²) in [6.07, 6.45) is 25.4. The molecule has 1 rings (SSSR count).